The molecule has 0 heterocycles. The first kappa shape index (κ1) is 21.8. The molecule has 2 aliphatic rings. The molecule has 3 heteroatoms. The summed E-state index contributed by atoms with van der Waals surface area (Å²) in [6.07, 6.45) is 20.0. The van der Waals surface area contributed by atoms with Gasteiger partial charge in [0.25, 0.3) is 0 Å². The van der Waals surface area contributed by atoms with E-state index in [0.29, 0.717) is 0 Å². The topological polar surface area (TPSA) is 46.1 Å². The smallest absolute Gasteiger partial charge is 0.855 e. The molecular formula is C14H20O2Ti. The normalized spacial score (nSPS) is 12.5. The van der Waals surface area contributed by atoms with Crippen molar-refractivity contribution in [2.45, 2.75) is 26.7 Å². The van der Waals surface area contributed by atoms with Crippen LogP contribution in [0.1, 0.15) is 26.7 Å². The van der Waals surface area contributed by atoms with E-state index in [-0.39, 0.29) is 34.9 Å². The van der Waals surface area contributed by atoms with E-state index in [1.807, 2.05) is 24.3 Å². The second kappa shape index (κ2) is 24.7. The first-order valence-corrected chi connectivity index (χ1v) is 5.43. The van der Waals surface area contributed by atoms with Gasteiger partial charge in [-0.3, -0.25) is 12.2 Å². The van der Waals surface area contributed by atoms with E-state index in [4.69, 9.17) is 10.2 Å². The quantitative estimate of drug-likeness (QED) is 0.491. The van der Waals surface area contributed by atoms with Gasteiger partial charge in [0.15, 0.2) is 0 Å². The number of allylic oxidation sites excluding steroid dienone is 8. The minimum absolute atomic E-state index is 0. The molecule has 0 atom stereocenters. The molecule has 0 aromatic rings. The third-order valence-corrected chi connectivity index (χ3v) is 1.17. The molecule has 0 radical (unpaired) electrons. The van der Waals surface area contributed by atoms with Crippen LogP contribution in [0, 0.1) is 12.2 Å². The van der Waals surface area contributed by atoms with Gasteiger partial charge in [-0.25, -0.2) is 24.3 Å². The predicted molar refractivity (Wildman–Crippen MR) is 64.2 cm³/mol. The van der Waals surface area contributed by atoms with Gasteiger partial charge in [0.1, 0.15) is 0 Å². The van der Waals surface area contributed by atoms with Gasteiger partial charge in [-0.1, -0.05) is 13.8 Å². The summed E-state index contributed by atoms with van der Waals surface area (Å²) < 4.78 is 0. The summed E-state index contributed by atoms with van der Waals surface area (Å²) in [5.41, 5.74) is 0. The third kappa shape index (κ3) is 31.3. The van der Waals surface area contributed by atoms with Crippen molar-refractivity contribution in [3.05, 3.63) is 48.6 Å². The van der Waals surface area contributed by atoms with Crippen LogP contribution in [0.25, 0.3) is 0 Å². The molecular weight excluding hydrogens is 248 g/mol. The Morgan fingerprint density at radius 2 is 1.18 bits per heavy atom. The zero-order valence-electron chi connectivity index (χ0n) is 10.6. The van der Waals surface area contributed by atoms with Crippen molar-refractivity contribution in [1.82, 2.24) is 0 Å². The molecule has 0 saturated carbocycles. The number of rotatable bonds is 0. The number of hydrogen-bond donors (Lipinski definition) is 0. The predicted octanol–water partition coefficient (Wildman–Crippen LogP) is 1.34. The van der Waals surface area contributed by atoms with Crippen molar-refractivity contribution in [3.8, 4) is 0 Å². The Morgan fingerprint density at radius 1 is 0.882 bits per heavy atom. The van der Waals surface area contributed by atoms with Crippen LogP contribution in [0.15, 0.2) is 36.5 Å². The summed E-state index contributed by atoms with van der Waals surface area (Å²) in [6, 6.07) is 0. The molecule has 0 bridgehead atoms. The minimum Gasteiger partial charge on any atom is -0.855 e. The Bertz CT molecular complexity index is 174. The molecule has 92 valence electrons. The summed E-state index contributed by atoms with van der Waals surface area (Å²) in [5, 5.41) is 17.9. The zero-order valence-corrected chi connectivity index (χ0v) is 12.2. The molecule has 0 aromatic carbocycles. The van der Waals surface area contributed by atoms with Crippen molar-refractivity contribution in [1.29, 1.82) is 0 Å². The fourth-order valence-corrected chi connectivity index (χ4v) is 0.680. The summed E-state index contributed by atoms with van der Waals surface area (Å²) in [6.45, 7) is 3.14. The van der Waals surface area contributed by atoms with Crippen molar-refractivity contribution >= 4 is 0 Å². The van der Waals surface area contributed by atoms with Crippen LogP contribution in [-0.4, -0.2) is 13.2 Å². The summed E-state index contributed by atoms with van der Waals surface area (Å²) in [4.78, 5) is 0. The molecule has 0 amide bonds. The molecule has 17 heavy (non-hydrogen) atoms. The first-order valence-electron chi connectivity index (χ1n) is 5.43. The first-order chi connectivity index (χ1) is 7.83. The fraction of sp³-hybridized carbons (Fsp3) is 0.429. The van der Waals surface area contributed by atoms with Crippen molar-refractivity contribution in [2.75, 3.05) is 13.2 Å². The van der Waals surface area contributed by atoms with E-state index in [0.717, 1.165) is 12.8 Å². The van der Waals surface area contributed by atoms with Gasteiger partial charge < -0.3 is 10.2 Å². The molecule has 2 aliphatic carbocycles. The third-order valence-electron chi connectivity index (χ3n) is 1.17. The summed E-state index contributed by atoms with van der Waals surface area (Å²) in [5.74, 6) is 0. The van der Waals surface area contributed by atoms with E-state index < -0.39 is 0 Å². The van der Waals surface area contributed by atoms with Gasteiger partial charge in [-0.05, 0) is 0 Å². The zero-order chi connectivity index (χ0) is 12.5. The number of hydrogen-bond acceptors (Lipinski definition) is 2. The second-order valence-electron chi connectivity index (χ2n) is 2.58. The van der Waals surface area contributed by atoms with Gasteiger partial charge in [-0.15, -0.1) is 26.1 Å². The Kier molecular flexibility index (Phi) is 31.7. The standard InChI is InChI=1S/2C5H5.2C2H5O.Ti/c2*1-2-4-5-3-1;2*1-2-3;/h2*1-3H,4H2;2*2H2,1H3;/q4*-1;+4. The molecule has 0 saturated heterocycles. The van der Waals surface area contributed by atoms with Gasteiger partial charge in [0.05, 0.1) is 0 Å². The van der Waals surface area contributed by atoms with Crippen LogP contribution >= 0.6 is 0 Å². The van der Waals surface area contributed by atoms with Crippen LogP contribution in [-0.2, 0) is 21.7 Å². The molecule has 0 aromatic heterocycles. The van der Waals surface area contributed by atoms with Crippen LogP contribution in [0.4, 0.5) is 0 Å². The molecule has 0 N–H and O–H groups in total. The van der Waals surface area contributed by atoms with Crippen LogP contribution in [0.3, 0.4) is 0 Å². The molecule has 0 fully saturated rings. The molecule has 0 unspecified atom stereocenters. The van der Waals surface area contributed by atoms with E-state index in [2.05, 4.69) is 24.3 Å². The largest absolute Gasteiger partial charge is 4.00 e. The van der Waals surface area contributed by atoms with E-state index >= 15 is 0 Å². The Labute approximate surface area is 120 Å². The van der Waals surface area contributed by atoms with E-state index in [1.165, 1.54) is 0 Å². The molecule has 2 rings (SSSR count). The van der Waals surface area contributed by atoms with E-state index in [1.54, 1.807) is 13.8 Å². The molecule has 0 spiro atoms. The average molecular weight is 268 g/mol. The van der Waals surface area contributed by atoms with Gasteiger partial charge in [0, 0.05) is 0 Å². The summed E-state index contributed by atoms with van der Waals surface area (Å²) in [7, 11) is 0. The van der Waals surface area contributed by atoms with Gasteiger partial charge in [-0.2, -0.15) is 12.2 Å². The maximum absolute atomic E-state index is 8.93. The Balaban J connectivity index is -0.000000157. The Hall–Kier alpha value is -0.406. The Morgan fingerprint density at radius 3 is 1.24 bits per heavy atom. The second-order valence-corrected chi connectivity index (χ2v) is 2.58. The van der Waals surface area contributed by atoms with Crippen LogP contribution in [0.2, 0.25) is 0 Å². The minimum atomic E-state index is 0. The molecule has 2 nitrogen and oxygen atoms in total. The van der Waals surface area contributed by atoms with Gasteiger partial charge in [0.2, 0.25) is 0 Å². The maximum Gasteiger partial charge on any atom is 4.00 e. The average Bonchev–Trinajstić information content (AvgIpc) is 3.00. The van der Waals surface area contributed by atoms with Crippen molar-refractivity contribution < 1.29 is 31.9 Å². The van der Waals surface area contributed by atoms with E-state index in [9.17, 15) is 0 Å². The van der Waals surface area contributed by atoms with Crippen LogP contribution in [0.5, 0.6) is 0 Å². The van der Waals surface area contributed by atoms with Crippen molar-refractivity contribution in [2.24, 2.45) is 0 Å². The maximum atomic E-state index is 8.93. The monoisotopic (exact) mass is 268 g/mol. The molecule has 0 aliphatic heterocycles. The van der Waals surface area contributed by atoms with Crippen LogP contribution < -0.4 is 10.2 Å². The fourth-order valence-electron chi connectivity index (χ4n) is 0.680. The summed E-state index contributed by atoms with van der Waals surface area (Å²) >= 11 is 0. The van der Waals surface area contributed by atoms with Gasteiger partial charge >= 0.3 is 21.7 Å². The SMILES string of the molecule is CC[O-].CC[O-].[C-]1=CC=CC1.[C-]1=CC=CC1.[Ti+4]. The van der Waals surface area contributed by atoms with Crippen molar-refractivity contribution in [3.63, 3.8) is 0 Å².